The van der Waals surface area contributed by atoms with Crippen LogP contribution in [-0.4, -0.2) is 10.4 Å². The van der Waals surface area contributed by atoms with E-state index in [9.17, 15) is 4.79 Å². The summed E-state index contributed by atoms with van der Waals surface area (Å²) >= 11 is 5.95. The molecule has 1 unspecified atom stereocenters. The number of hydrogen-bond acceptors (Lipinski definition) is 3. The maximum atomic E-state index is 11.5. The average Bonchev–Trinajstić information content (AvgIpc) is 3.33. The molecule has 0 N–H and O–H groups in total. The fourth-order valence-corrected chi connectivity index (χ4v) is 4.78. The Kier molecular flexibility index (Phi) is 7.77. The molecule has 0 saturated carbocycles. The number of ketones is 1. The van der Waals surface area contributed by atoms with Gasteiger partial charge in [0.05, 0.1) is 23.8 Å². The zero-order valence-electron chi connectivity index (χ0n) is 19.3. The normalized spacial score (nSPS) is 14.9. The molecule has 0 radical (unpaired) electrons. The maximum Gasteiger partial charge on any atom is 0.161 e. The van der Waals surface area contributed by atoms with E-state index in [1.54, 1.807) is 29.8 Å². The summed E-state index contributed by atoms with van der Waals surface area (Å²) in [6.07, 6.45) is 6.40. The Balaban J connectivity index is 0.000000182. The second-order valence-electron chi connectivity index (χ2n) is 8.41. The highest BCUT2D eigenvalue weighted by Gasteiger charge is 2.37. The standard InChI is InChI=1S/C14H20O.C13H11ClN2O/c1-3-9-14(10-4-2)13-8-6-5-7-12(13)11-15-14;1-8(6-15)16-7-12(9(2)17)11-4-3-10(14)5-13(11)16/h5-8H,3-4,9-11H2,1-2H3;3-5,7-8H,1-2H3. The first-order valence-corrected chi connectivity index (χ1v) is 11.7. The molecule has 168 valence electrons. The molecule has 0 fully saturated rings. The quantitative estimate of drug-likeness (QED) is 0.363. The lowest BCUT2D eigenvalue weighted by Crippen LogP contribution is -2.24. The molecule has 1 aliphatic rings. The van der Waals surface area contributed by atoms with Gasteiger partial charge in [0.1, 0.15) is 6.04 Å². The van der Waals surface area contributed by atoms with Gasteiger partial charge in [0, 0.05) is 22.2 Å². The van der Waals surface area contributed by atoms with Crippen LogP contribution in [0.3, 0.4) is 0 Å². The van der Waals surface area contributed by atoms with E-state index in [1.807, 2.05) is 6.07 Å². The topological polar surface area (TPSA) is 55.0 Å². The number of carbonyl (C=O) groups excluding carboxylic acids is 1. The van der Waals surface area contributed by atoms with Crippen molar-refractivity contribution >= 4 is 28.3 Å². The highest BCUT2D eigenvalue weighted by atomic mass is 35.5. The first-order valence-electron chi connectivity index (χ1n) is 11.3. The van der Waals surface area contributed by atoms with Crippen molar-refractivity contribution in [2.45, 2.75) is 71.6 Å². The van der Waals surface area contributed by atoms with Crippen LogP contribution in [0.4, 0.5) is 0 Å². The molecule has 32 heavy (non-hydrogen) atoms. The number of Topliss-reactive ketones (excluding diaryl/α,β-unsaturated/α-hetero) is 1. The van der Waals surface area contributed by atoms with E-state index in [-0.39, 0.29) is 17.4 Å². The molecule has 0 aliphatic carbocycles. The monoisotopic (exact) mass is 450 g/mol. The fourth-order valence-electron chi connectivity index (χ4n) is 4.62. The lowest BCUT2D eigenvalue weighted by atomic mass is 9.85. The third-order valence-electron chi connectivity index (χ3n) is 6.10. The van der Waals surface area contributed by atoms with Crippen LogP contribution in [0.25, 0.3) is 10.9 Å². The van der Waals surface area contributed by atoms with Crippen LogP contribution in [0.2, 0.25) is 5.02 Å². The van der Waals surface area contributed by atoms with E-state index in [1.165, 1.54) is 30.9 Å². The molecular weight excluding hydrogens is 420 g/mol. The average molecular weight is 451 g/mol. The van der Waals surface area contributed by atoms with Crippen LogP contribution < -0.4 is 0 Å². The molecule has 0 bridgehead atoms. The van der Waals surface area contributed by atoms with Crippen LogP contribution in [0.15, 0.2) is 48.7 Å². The lowest BCUT2D eigenvalue weighted by Gasteiger charge is -2.29. The predicted molar refractivity (Wildman–Crippen MR) is 130 cm³/mol. The number of benzene rings is 2. The van der Waals surface area contributed by atoms with Crippen molar-refractivity contribution < 1.29 is 9.53 Å². The molecule has 0 amide bonds. The minimum Gasteiger partial charge on any atom is -0.366 e. The van der Waals surface area contributed by atoms with Crippen LogP contribution in [0.5, 0.6) is 0 Å². The summed E-state index contributed by atoms with van der Waals surface area (Å²) in [7, 11) is 0. The first-order chi connectivity index (χ1) is 15.4. The number of aromatic nitrogens is 1. The summed E-state index contributed by atoms with van der Waals surface area (Å²) in [5.74, 6) is -0.0128. The van der Waals surface area contributed by atoms with Gasteiger partial charge in [0.25, 0.3) is 0 Å². The van der Waals surface area contributed by atoms with Crippen molar-refractivity contribution in [3.05, 3.63) is 70.4 Å². The molecule has 1 aliphatic heterocycles. The molecule has 4 nitrogen and oxygen atoms in total. The maximum absolute atomic E-state index is 11.5. The van der Waals surface area contributed by atoms with E-state index in [0.717, 1.165) is 30.4 Å². The third kappa shape index (κ3) is 4.75. The molecule has 1 aromatic heterocycles. The Morgan fingerprint density at radius 3 is 2.53 bits per heavy atom. The Hall–Kier alpha value is -2.61. The molecule has 5 heteroatoms. The summed E-state index contributed by atoms with van der Waals surface area (Å²) in [5.41, 5.74) is 4.30. The second kappa shape index (κ2) is 10.3. The number of nitrogens with zero attached hydrogens (tertiary/aromatic N) is 2. The Labute approximate surface area is 195 Å². The largest absolute Gasteiger partial charge is 0.366 e. The number of ether oxygens (including phenoxy) is 1. The first kappa shape index (κ1) is 24.0. The number of hydrogen-bond donors (Lipinski definition) is 0. The molecule has 2 heterocycles. The van der Waals surface area contributed by atoms with Gasteiger partial charge in [-0.15, -0.1) is 0 Å². The van der Waals surface area contributed by atoms with Crippen molar-refractivity contribution in [2.75, 3.05) is 0 Å². The van der Waals surface area contributed by atoms with Crippen LogP contribution in [0, 0.1) is 11.3 Å². The summed E-state index contributed by atoms with van der Waals surface area (Å²) in [5, 5.41) is 10.4. The fraction of sp³-hybridized carbons (Fsp3) is 0.407. The van der Waals surface area contributed by atoms with Gasteiger partial charge >= 0.3 is 0 Å². The van der Waals surface area contributed by atoms with E-state index in [4.69, 9.17) is 21.6 Å². The van der Waals surface area contributed by atoms with Gasteiger partial charge in [-0.3, -0.25) is 4.79 Å². The molecule has 3 aromatic rings. The highest BCUT2D eigenvalue weighted by Crippen LogP contribution is 2.43. The summed E-state index contributed by atoms with van der Waals surface area (Å²) in [6, 6.07) is 15.8. The SMILES string of the molecule is CC(=O)c1cn(C(C)C#N)c2cc(Cl)ccc12.CCCC1(CCC)OCc2ccccc21. The van der Waals surface area contributed by atoms with Crippen LogP contribution in [0.1, 0.15) is 80.9 Å². The highest BCUT2D eigenvalue weighted by molar-refractivity contribution is 6.31. The van der Waals surface area contributed by atoms with Gasteiger partial charge in [-0.1, -0.05) is 68.6 Å². The van der Waals surface area contributed by atoms with Gasteiger partial charge in [0.15, 0.2) is 5.78 Å². The Bertz CT molecular complexity index is 1130. The van der Waals surface area contributed by atoms with Crippen LogP contribution in [-0.2, 0) is 16.9 Å². The minimum atomic E-state index is -0.330. The number of halogens is 1. The van der Waals surface area contributed by atoms with Gasteiger partial charge in [-0.2, -0.15) is 5.26 Å². The van der Waals surface area contributed by atoms with Crippen molar-refractivity contribution in [1.82, 2.24) is 4.57 Å². The molecule has 4 rings (SSSR count). The third-order valence-corrected chi connectivity index (χ3v) is 6.33. The van der Waals surface area contributed by atoms with Crippen molar-refractivity contribution in [2.24, 2.45) is 0 Å². The van der Waals surface area contributed by atoms with Crippen molar-refractivity contribution in [3.8, 4) is 6.07 Å². The molecule has 2 aromatic carbocycles. The van der Waals surface area contributed by atoms with Crippen molar-refractivity contribution in [3.63, 3.8) is 0 Å². The van der Waals surface area contributed by atoms with Gasteiger partial charge in [0.2, 0.25) is 0 Å². The summed E-state index contributed by atoms with van der Waals surface area (Å²) < 4.78 is 7.87. The number of nitriles is 1. The van der Waals surface area contributed by atoms with Gasteiger partial charge in [-0.25, -0.2) is 0 Å². The van der Waals surface area contributed by atoms with E-state index < -0.39 is 0 Å². The predicted octanol–water partition coefficient (Wildman–Crippen LogP) is 7.59. The molecular formula is C27H31ClN2O2. The minimum absolute atomic E-state index is 0.0128. The Morgan fingerprint density at radius 1 is 1.22 bits per heavy atom. The lowest BCUT2D eigenvalue weighted by molar-refractivity contribution is -0.0518. The van der Waals surface area contributed by atoms with Crippen molar-refractivity contribution in [1.29, 1.82) is 5.26 Å². The molecule has 0 spiro atoms. The number of fused-ring (bicyclic) bond motifs is 2. The molecule has 1 atom stereocenters. The zero-order valence-corrected chi connectivity index (χ0v) is 20.1. The van der Waals surface area contributed by atoms with Gasteiger partial charge < -0.3 is 9.30 Å². The van der Waals surface area contributed by atoms with E-state index >= 15 is 0 Å². The molecule has 0 saturated heterocycles. The summed E-state index contributed by atoms with van der Waals surface area (Å²) in [6.45, 7) is 8.58. The number of rotatable bonds is 6. The smallest absolute Gasteiger partial charge is 0.161 e. The Morgan fingerprint density at radius 2 is 1.91 bits per heavy atom. The zero-order chi connectivity index (χ0) is 23.3. The van der Waals surface area contributed by atoms with Gasteiger partial charge in [-0.05, 0) is 49.9 Å². The second-order valence-corrected chi connectivity index (χ2v) is 8.85. The van der Waals surface area contributed by atoms with E-state index in [0.29, 0.717) is 10.6 Å². The van der Waals surface area contributed by atoms with Crippen LogP contribution >= 0.6 is 11.6 Å². The summed E-state index contributed by atoms with van der Waals surface area (Å²) in [4.78, 5) is 11.5. The number of carbonyl (C=O) groups is 1. The van der Waals surface area contributed by atoms with E-state index in [2.05, 4.69) is 44.2 Å².